The van der Waals surface area contributed by atoms with Crippen molar-refractivity contribution in [3.8, 4) is 0 Å². The lowest BCUT2D eigenvalue weighted by Gasteiger charge is -2.21. The molecule has 0 spiro atoms. The van der Waals surface area contributed by atoms with Gasteiger partial charge in [0.25, 0.3) is 11.8 Å². The van der Waals surface area contributed by atoms with Crippen molar-refractivity contribution in [2.45, 2.75) is 97.3 Å². The zero-order chi connectivity index (χ0) is 25.8. The molecule has 2 N–H and O–H groups in total. The summed E-state index contributed by atoms with van der Waals surface area (Å²) in [5.74, 6) is 1.43. The van der Waals surface area contributed by atoms with Crippen molar-refractivity contribution in [3.05, 3.63) is 42.8 Å². The molecule has 2 saturated carbocycles. The molecule has 0 unspecified atom stereocenters. The van der Waals surface area contributed by atoms with Crippen LogP contribution in [0.15, 0.2) is 12.1 Å². The lowest BCUT2D eigenvalue weighted by Crippen LogP contribution is -2.29. The molecule has 2 amide bonds. The molecule has 2 aromatic heterocycles. The SMILES string of the molecule is Cc1sc(C(=O)NCC2CCCCC2)cc1C1=C(c2cc(C(=O)NCC3CCCCC3)sc2C)CCC1. The summed E-state index contributed by atoms with van der Waals surface area (Å²) in [5, 5.41) is 6.43. The predicted octanol–water partition coefficient (Wildman–Crippen LogP) is 8.14. The van der Waals surface area contributed by atoms with Gasteiger partial charge in [0.1, 0.15) is 0 Å². The lowest BCUT2D eigenvalue weighted by molar-refractivity contribution is 0.0939. The number of hydrogen-bond acceptors (Lipinski definition) is 4. The Morgan fingerprint density at radius 2 is 1.08 bits per heavy atom. The third kappa shape index (κ3) is 6.39. The lowest BCUT2D eigenvalue weighted by atomic mass is 9.89. The van der Waals surface area contributed by atoms with E-state index in [2.05, 4.69) is 36.6 Å². The Labute approximate surface area is 230 Å². The maximum Gasteiger partial charge on any atom is 0.261 e. The monoisotopic (exact) mass is 538 g/mol. The summed E-state index contributed by atoms with van der Waals surface area (Å²) in [4.78, 5) is 30.0. The maximum atomic E-state index is 13.0. The van der Waals surface area contributed by atoms with E-state index in [0.29, 0.717) is 11.8 Å². The van der Waals surface area contributed by atoms with Crippen LogP contribution in [0, 0.1) is 25.7 Å². The number of nitrogens with one attached hydrogen (secondary N) is 2. The van der Waals surface area contributed by atoms with Crippen LogP contribution in [0.25, 0.3) is 11.1 Å². The molecule has 2 fully saturated rings. The molecule has 6 heteroatoms. The summed E-state index contributed by atoms with van der Waals surface area (Å²) in [6, 6.07) is 4.24. The number of hydrogen-bond donors (Lipinski definition) is 2. The fraction of sp³-hybridized carbons (Fsp3) is 0.613. The zero-order valence-electron chi connectivity index (χ0n) is 22.5. The molecule has 2 aromatic rings. The Hall–Kier alpha value is -1.92. The second kappa shape index (κ2) is 12.3. The van der Waals surface area contributed by atoms with Crippen molar-refractivity contribution in [2.24, 2.45) is 11.8 Å². The molecule has 0 aliphatic heterocycles. The number of allylic oxidation sites excluding steroid dienone is 2. The molecule has 5 rings (SSSR count). The number of amides is 2. The van der Waals surface area contributed by atoms with Crippen molar-refractivity contribution in [3.63, 3.8) is 0 Å². The van der Waals surface area contributed by atoms with Crippen LogP contribution in [0.4, 0.5) is 0 Å². The summed E-state index contributed by atoms with van der Waals surface area (Å²) in [6.07, 6.45) is 16.0. The van der Waals surface area contributed by atoms with Crippen molar-refractivity contribution in [1.82, 2.24) is 10.6 Å². The molecule has 0 aromatic carbocycles. The minimum Gasteiger partial charge on any atom is -0.351 e. The van der Waals surface area contributed by atoms with Crippen LogP contribution in [-0.2, 0) is 0 Å². The quantitative estimate of drug-likeness (QED) is 0.356. The van der Waals surface area contributed by atoms with E-state index in [4.69, 9.17) is 0 Å². The molecule has 3 aliphatic carbocycles. The Morgan fingerprint density at radius 1 is 0.676 bits per heavy atom. The Bertz CT molecular complexity index is 1060. The van der Waals surface area contributed by atoms with Gasteiger partial charge in [-0.3, -0.25) is 9.59 Å². The van der Waals surface area contributed by atoms with Crippen LogP contribution >= 0.6 is 22.7 Å². The molecule has 4 nitrogen and oxygen atoms in total. The van der Waals surface area contributed by atoms with E-state index >= 15 is 0 Å². The van der Waals surface area contributed by atoms with Crippen molar-refractivity contribution >= 4 is 45.6 Å². The number of aryl methyl sites for hydroxylation is 2. The van der Waals surface area contributed by atoms with E-state index < -0.39 is 0 Å². The largest absolute Gasteiger partial charge is 0.351 e. The molecule has 0 saturated heterocycles. The van der Waals surface area contributed by atoms with Crippen LogP contribution in [0.1, 0.15) is 124 Å². The van der Waals surface area contributed by atoms with Crippen molar-refractivity contribution in [2.75, 3.05) is 13.1 Å². The normalized spacial score (nSPS) is 19.4. The first-order valence-corrected chi connectivity index (χ1v) is 16.1. The second-order valence-electron chi connectivity index (χ2n) is 11.4. The van der Waals surface area contributed by atoms with E-state index in [1.165, 1.54) is 96.2 Å². The smallest absolute Gasteiger partial charge is 0.261 e. The zero-order valence-corrected chi connectivity index (χ0v) is 24.2. The van der Waals surface area contributed by atoms with Gasteiger partial charge in [0.2, 0.25) is 0 Å². The highest BCUT2D eigenvalue weighted by atomic mass is 32.1. The van der Waals surface area contributed by atoms with Gasteiger partial charge in [0.15, 0.2) is 0 Å². The summed E-state index contributed by atoms with van der Waals surface area (Å²) >= 11 is 3.24. The molecule has 0 radical (unpaired) electrons. The van der Waals surface area contributed by atoms with Gasteiger partial charge in [0, 0.05) is 22.8 Å². The average Bonchev–Trinajstić information content (AvgIpc) is 3.65. The summed E-state index contributed by atoms with van der Waals surface area (Å²) in [5.41, 5.74) is 5.20. The highest BCUT2D eigenvalue weighted by Crippen LogP contribution is 2.45. The van der Waals surface area contributed by atoms with Gasteiger partial charge in [-0.2, -0.15) is 0 Å². The molecule has 0 atom stereocenters. The maximum absolute atomic E-state index is 13.0. The third-order valence-corrected chi connectivity index (χ3v) is 10.8. The van der Waals surface area contributed by atoms with Crippen LogP contribution in [0.3, 0.4) is 0 Å². The van der Waals surface area contributed by atoms with Crippen molar-refractivity contribution < 1.29 is 9.59 Å². The van der Waals surface area contributed by atoms with Gasteiger partial charge < -0.3 is 10.6 Å². The topological polar surface area (TPSA) is 58.2 Å². The fourth-order valence-corrected chi connectivity index (χ4v) is 8.48. The molecule has 200 valence electrons. The highest BCUT2D eigenvalue weighted by Gasteiger charge is 2.25. The van der Waals surface area contributed by atoms with Crippen LogP contribution in [0.5, 0.6) is 0 Å². The Kier molecular flexibility index (Phi) is 8.86. The first-order valence-electron chi connectivity index (χ1n) is 14.5. The van der Waals surface area contributed by atoms with Crippen molar-refractivity contribution in [1.29, 1.82) is 0 Å². The highest BCUT2D eigenvalue weighted by molar-refractivity contribution is 7.14. The number of carbonyl (C=O) groups excluding carboxylic acids is 2. The minimum atomic E-state index is 0.0775. The number of carbonyl (C=O) groups is 2. The molecule has 0 bridgehead atoms. The first kappa shape index (κ1) is 26.7. The number of rotatable bonds is 8. The molecular formula is C31H42N2O2S2. The fourth-order valence-electron chi connectivity index (χ4n) is 6.56. The van der Waals surface area contributed by atoms with E-state index in [1.807, 2.05) is 0 Å². The average molecular weight is 539 g/mol. The van der Waals surface area contributed by atoms with E-state index in [-0.39, 0.29) is 11.8 Å². The standard InChI is InChI=1S/C31H42N2O2S2/c1-20-26(16-28(36-20)30(34)32-18-22-10-5-3-6-11-22)24-14-9-15-25(24)27-17-29(37-21(27)2)31(35)33-19-23-12-7-4-8-13-23/h16-17,22-23H,3-15,18-19H2,1-2H3,(H,32,34)(H,33,35). The third-order valence-electron chi connectivity index (χ3n) is 8.70. The minimum absolute atomic E-state index is 0.0775. The van der Waals surface area contributed by atoms with Gasteiger partial charge in [-0.15, -0.1) is 22.7 Å². The first-order chi connectivity index (χ1) is 18.0. The van der Waals surface area contributed by atoms with E-state index in [1.54, 1.807) is 22.7 Å². The number of thiophene rings is 2. The van der Waals surface area contributed by atoms with Crippen LogP contribution < -0.4 is 10.6 Å². The van der Waals surface area contributed by atoms with E-state index in [9.17, 15) is 9.59 Å². The van der Waals surface area contributed by atoms with Gasteiger partial charge >= 0.3 is 0 Å². The summed E-state index contributed by atoms with van der Waals surface area (Å²) in [6.45, 7) is 5.90. The second-order valence-corrected chi connectivity index (χ2v) is 13.9. The summed E-state index contributed by atoms with van der Waals surface area (Å²) in [7, 11) is 0. The molecule has 37 heavy (non-hydrogen) atoms. The van der Waals surface area contributed by atoms with Gasteiger partial charge in [-0.25, -0.2) is 0 Å². The molecular weight excluding hydrogens is 496 g/mol. The summed E-state index contributed by atoms with van der Waals surface area (Å²) < 4.78 is 0. The van der Waals surface area contributed by atoms with E-state index in [0.717, 1.165) is 42.1 Å². The Balaban J connectivity index is 1.29. The molecule has 3 aliphatic rings. The van der Waals surface area contributed by atoms with Gasteiger partial charge in [-0.05, 0) is 105 Å². The van der Waals surface area contributed by atoms with Gasteiger partial charge in [0.05, 0.1) is 9.75 Å². The van der Waals surface area contributed by atoms with Crippen LogP contribution in [0.2, 0.25) is 0 Å². The Morgan fingerprint density at radius 3 is 1.49 bits per heavy atom. The van der Waals surface area contributed by atoms with Gasteiger partial charge in [-0.1, -0.05) is 38.5 Å². The predicted molar refractivity (Wildman–Crippen MR) is 157 cm³/mol. The molecule has 2 heterocycles. The van der Waals surface area contributed by atoms with Crippen LogP contribution in [-0.4, -0.2) is 24.9 Å².